The Bertz CT molecular complexity index is 1030. The number of likely N-dealkylation sites (N-methyl/N-ethyl adjacent to an activating group) is 1. The van der Waals surface area contributed by atoms with Gasteiger partial charge < -0.3 is 14.8 Å². The fraction of sp³-hybridized carbons (Fsp3) is 0.556. The van der Waals surface area contributed by atoms with E-state index < -0.39 is 0 Å². The van der Waals surface area contributed by atoms with Gasteiger partial charge in [-0.1, -0.05) is 25.7 Å². The van der Waals surface area contributed by atoms with E-state index in [4.69, 9.17) is 9.97 Å². The van der Waals surface area contributed by atoms with Gasteiger partial charge in [0.05, 0.1) is 0 Å². The van der Waals surface area contributed by atoms with Gasteiger partial charge in [0, 0.05) is 68.8 Å². The van der Waals surface area contributed by atoms with E-state index in [1.165, 1.54) is 30.8 Å². The molecule has 1 aliphatic rings. The molecule has 0 radical (unpaired) electrons. The number of rotatable bonds is 12. The van der Waals surface area contributed by atoms with Crippen molar-refractivity contribution in [2.24, 2.45) is 4.99 Å². The van der Waals surface area contributed by atoms with Crippen LogP contribution in [-0.4, -0.2) is 58.5 Å². The lowest BCUT2D eigenvalue weighted by molar-refractivity contribution is 0.301. The number of allylic oxidation sites excluding steroid dienone is 3. The number of aromatic nitrogens is 4. The summed E-state index contributed by atoms with van der Waals surface area (Å²) < 4.78 is 2.45. The maximum atomic E-state index is 4.89. The van der Waals surface area contributed by atoms with Crippen molar-refractivity contribution in [3.8, 4) is 0 Å². The lowest BCUT2D eigenvalue weighted by atomic mass is 9.92. The van der Waals surface area contributed by atoms with Gasteiger partial charge in [-0.25, -0.2) is 15.0 Å². The van der Waals surface area contributed by atoms with E-state index in [1.54, 1.807) is 13.1 Å². The summed E-state index contributed by atoms with van der Waals surface area (Å²) in [6.07, 6.45) is 13.2. The van der Waals surface area contributed by atoms with Crippen LogP contribution in [0, 0.1) is 13.8 Å². The number of hydrogen-bond acceptors (Lipinski definition) is 6. The molecule has 2 aromatic heterocycles. The Kier molecular flexibility index (Phi) is 9.16. The zero-order chi connectivity index (χ0) is 24.7. The fourth-order valence-electron chi connectivity index (χ4n) is 4.61. The third-order valence-electron chi connectivity index (χ3n) is 6.67. The Labute approximate surface area is 205 Å². The number of hydrogen-bond donors (Lipinski definition) is 1. The normalized spacial score (nSPS) is 15.5. The molecule has 7 heteroatoms. The zero-order valence-corrected chi connectivity index (χ0v) is 21.8. The highest BCUT2D eigenvalue weighted by Gasteiger charge is 2.23. The SMILES string of the molecule is C=C/C=C\C(=N/C)c1nc(CC)c(C)c(N(C)C[C@H](C)NCCc2ncc(C)n2C2CCC2)n1. The van der Waals surface area contributed by atoms with Gasteiger partial charge in [-0.2, -0.15) is 0 Å². The number of nitrogens with one attached hydrogen (secondary N) is 1. The second kappa shape index (κ2) is 12.1. The molecule has 0 saturated heterocycles. The Morgan fingerprint density at radius 3 is 2.74 bits per heavy atom. The molecule has 0 spiro atoms. The smallest absolute Gasteiger partial charge is 0.179 e. The van der Waals surface area contributed by atoms with Crippen molar-refractivity contribution in [1.82, 2.24) is 24.8 Å². The summed E-state index contributed by atoms with van der Waals surface area (Å²) in [5.74, 6) is 2.82. The largest absolute Gasteiger partial charge is 0.358 e. The molecule has 7 nitrogen and oxygen atoms in total. The van der Waals surface area contributed by atoms with Crippen molar-refractivity contribution in [1.29, 1.82) is 0 Å². The van der Waals surface area contributed by atoms with E-state index in [1.807, 2.05) is 18.3 Å². The number of anilines is 1. The van der Waals surface area contributed by atoms with Crippen LogP contribution in [0.4, 0.5) is 5.82 Å². The van der Waals surface area contributed by atoms with Crippen molar-refractivity contribution >= 4 is 11.5 Å². The van der Waals surface area contributed by atoms with Crippen LogP contribution in [-0.2, 0) is 12.8 Å². The first kappa shape index (κ1) is 25.8. The summed E-state index contributed by atoms with van der Waals surface area (Å²) in [4.78, 5) is 21.0. The Morgan fingerprint density at radius 1 is 1.35 bits per heavy atom. The quantitative estimate of drug-likeness (QED) is 0.373. The van der Waals surface area contributed by atoms with E-state index in [2.05, 4.69) is 66.1 Å². The van der Waals surface area contributed by atoms with Gasteiger partial charge in [-0.15, -0.1) is 0 Å². The summed E-state index contributed by atoms with van der Waals surface area (Å²) in [7, 11) is 3.87. The molecule has 0 amide bonds. The van der Waals surface area contributed by atoms with E-state index in [-0.39, 0.29) is 0 Å². The van der Waals surface area contributed by atoms with Gasteiger partial charge in [0.15, 0.2) is 5.82 Å². The molecule has 0 aromatic carbocycles. The first-order chi connectivity index (χ1) is 16.4. The van der Waals surface area contributed by atoms with Crippen LogP contribution in [0.3, 0.4) is 0 Å². The van der Waals surface area contributed by atoms with Crippen molar-refractivity contribution < 1.29 is 0 Å². The monoisotopic (exact) mass is 463 g/mol. The lowest BCUT2D eigenvalue weighted by Gasteiger charge is -2.30. The number of aryl methyl sites for hydroxylation is 2. The van der Waals surface area contributed by atoms with Gasteiger partial charge in [0.25, 0.3) is 0 Å². The zero-order valence-electron chi connectivity index (χ0n) is 21.8. The second-order valence-corrected chi connectivity index (χ2v) is 9.26. The highest BCUT2D eigenvalue weighted by molar-refractivity contribution is 6.06. The van der Waals surface area contributed by atoms with Gasteiger partial charge in [-0.05, 0) is 52.5 Å². The Balaban J connectivity index is 1.65. The molecule has 2 aromatic rings. The predicted molar refractivity (Wildman–Crippen MR) is 142 cm³/mol. The topological polar surface area (TPSA) is 71.2 Å². The van der Waals surface area contributed by atoms with Crippen molar-refractivity contribution in [2.75, 3.05) is 32.1 Å². The summed E-state index contributed by atoms with van der Waals surface area (Å²) >= 11 is 0. The molecule has 0 aliphatic heterocycles. The van der Waals surface area contributed by atoms with Crippen LogP contribution in [0.2, 0.25) is 0 Å². The van der Waals surface area contributed by atoms with Crippen LogP contribution in [0.1, 0.15) is 67.8 Å². The Morgan fingerprint density at radius 2 is 2.12 bits per heavy atom. The van der Waals surface area contributed by atoms with Gasteiger partial charge in [0.1, 0.15) is 17.4 Å². The summed E-state index contributed by atoms with van der Waals surface area (Å²) in [6.45, 7) is 14.1. The average Bonchev–Trinajstić information content (AvgIpc) is 3.13. The molecule has 1 aliphatic carbocycles. The molecule has 0 unspecified atom stereocenters. The molecule has 0 bridgehead atoms. The average molecular weight is 464 g/mol. The standard InChI is InChI=1S/C27H41N7/c1-8-10-14-24(28-6)26-31-23(9-2)21(5)27(32-26)33(7)18-19(3)29-16-15-25-30-17-20(4)34(25)22-12-11-13-22/h8,10,14,17,19,22,29H,1,9,11-13,15-16,18H2,2-7H3/b14-10-,28-24+/t19-/m0/s1. The minimum atomic E-state index is 0.307. The highest BCUT2D eigenvalue weighted by Crippen LogP contribution is 2.33. The lowest BCUT2D eigenvalue weighted by Crippen LogP contribution is -2.39. The molecule has 34 heavy (non-hydrogen) atoms. The summed E-state index contributed by atoms with van der Waals surface area (Å²) in [5.41, 5.74) is 4.22. The summed E-state index contributed by atoms with van der Waals surface area (Å²) in [5, 5.41) is 3.68. The molecule has 1 saturated carbocycles. The van der Waals surface area contributed by atoms with E-state index >= 15 is 0 Å². The van der Waals surface area contributed by atoms with Gasteiger partial charge in [0.2, 0.25) is 0 Å². The van der Waals surface area contributed by atoms with Crippen LogP contribution >= 0.6 is 0 Å². The van der Waals surface area contributed by atoms with Crippen molar-refractivity contribution in [2.45, 2.75) is 71.9 Å². The van der Waals surface area contributed by atoms with Crippen LogP contribution in [0.5, 0.6) is 0 Å². The molecule has 1 N–H and O–H groups in total. The van der Waals surface area contributed by atoms with Crippen LogP contribution < -0.4 is 10.2 Å². The molecular weight excluding hydrogens is 422 g/mol. The van der Waals surface area contributed by atoms with E-state index in [0.717, 1.165) is 48.7 Å². The molecular formula is C27H41N7. The molecule has 2 heterocycles. The predicted octanol–water partition coefficient (Wildman–Crippen LogP) is 4.40. The molecule has 184 valence electrons. The first-order valence-corrected chi connectivity index (χ1v) is 12.5. The van der Waals surface area contributed by atoms with E-state index in [0.29, 0.717) is 17.9 Å². The highest BCUT2D eigenvalue weighted by atomic mass is 15.2. The maximum absolute atomic E-state index is 4.89. The van der Waals surface area contributed by atoms with E-state index in [9.17, 15) is 0 Å². The second-order valence-electron chi connectivity index (χ2n) is 9.26. The number of nitrogens with zero attached hydrogens (tertiary/aromatic N) is 6. The number of imidazole rings is 1. The van der Waals surface area contributed by atoms with Gasteiger partial charge in [-0.3, -0.25) is 4.99 Å². The minimum absolute atomic E-state index is 0.307. The van der Waals surface area contributed by atoms with Crippen molar-refractivity contribution in [3.63, 3.8) is 0 Å². The maximum Gasteiger partial charge on any atom is 0.179 e. The van der Waals surface area contributed by atoms with Crippen molar-refractivity contribution in [3.05, 3.63) is 59.6 Å². The fourth-order valence-corrected chi connectivity index (χ4v) is 4.61. The molecule has 1 fully saturated rings. The van der Waals surface area contributed by atoms with Crippen LogP contribution in [0.25, 0.3) is 0 Å². The van der Waals surface area contributed by atoms with Crippen LogP contribution in [0.15, 0.2) is 36.0 Å². The first-order valence-electron chi connectivity index (χ1n) is 12.5. The third kappa shape index (κ3) is 6.00. The van der Waals surface area contributed by atoms with Gasteiger partial charge >= 0.3 is 0 Å². The molecule has 3 rings (SSSR count). The minimum Gasteiger partial charge on any atom is -0.358 e. The Hall–Kier alpha value is -2.80. The number of aliphatic imine (C=N–C) groups is 1. The molecule has 1 atom stereocenters. The summed E-state index contributed by atoms with van der Waals surface area (Å²) in [6, 6.07) is 0.961. The third-order valence-corrected chi connectivity index (χ3v) is 6.67.